The summed E-state index contributed by atoms with van der Waals surface area (Å²) in [4.78, 5) is 29.2. The number of ether oxygens (including phenoxy) is 2. The molecule has 1 aromatic heterocycles. The van der Waals surface area contributed by atoms with Crippen LogP contribution < -0.4 is 19.8 Å². The van der Waals surface area contributed by atoms with Crippen molar-refractivity contribution in [3.8, 4) is 17.2 Å². The van der Waals surface area contributed by atoms with Crippen LogP contribution in [0.15, 0.2) is 100 Å². The third-order valence-electron chi connectivity index (χ3n) is 6.40. The number of amides is 1. The van der Waals surface area contributed by atoms with E-state index in [2.05, 4.69) is 0 Å². The van der Waals surface area contributed by atoms with Crippen molar-refractivity contribution in [1.82, 2.24) is 0 Å². The summed E-state index contributed by atoms with van der Waals surface area (Å²) in [5.41, 5.74) is 1.30. The molecule has 8 heteroatoms. The van der Waals surface area contributed by atoms with E-state index in [0.717, 1.165) is 0 Å². The Labute approximate surface area is 227 Å². The average Bonchev–Trinajstić information content (AvgIpc) is 3.22. The van der Waals surface area contributed by atoms with Crippen molar-refractivity contribution in [2.45, 2.75) is 6.04 Å². The molecule has 0 aliphatic carbocycles. The molecule has 6 nitrogen and oxygen atoms in total. The van der Waals surface area contributed by atoms with Gasteiger partial charge in [-0.1, -0.05) is 53.5 Å². The average molecular weight is 544 g/mol. The number of para-hydroxylation sites is 1. The van der Waals surface area contributed by atoms with Gasteiger partial charge in [0.25, 0.3) is 5.91 Å². The number of hydrogen-bond donors (Lipinski definition) is 0. The SMILES string of the molecule is COc1ccc(N2C(=O)c3oc4ccc(Cl)cc4c(=O)c3C2c2cccc(Oc3ccccc3)c2)cc1Cl. The van der Waals surface area contributed by atoms with Crippen molar-refractivity contribution in [2.75, 3.05) is 12.0 Å². The second-order valence-corrected chi connectivity index (χ2v) is 9.54. The van der Waals surface area contributed by atoms with Crippen LogP contribution in [-0.2, 0) is 0 Å². The summed E-state index contributed by atoms with van der Waals surface area (Å²) in [7, 11) is 1.51. The molecule has 1 atom stereocenters. The minimum atomic E-state index is -0.805. The van der Waals surface area contributed by atoms with Gasteiger partial charge in [-0.25, -0.2) is 0 Å². The number of rotatable bonds is 5. The predicted octanol–water partition coefficient (Wildman–Crippen LogP) is 7.65. The van der Waals surface area contributed by atoms with E-state index in [1.54, 1.807) is 42.5 Å². The molecule has 5 aromatic rings. The summed E-state index contributed by atoms with van der Waals surface area (Å²) in [5, 5.41) is 1.01. The molecule has 2 heterocycles. The molecular weight excluding hydrogens is 525 g/mol. The molecule has 1 amide bonds. The largest absolute Gasteiger partial charge is 0.495 e. The highest BCUT2D eigenvalue weighted by molar-refractivity contribution is 6.32. The minimum Gasteiger partial charge on any atom is -0.495 e. The Bertz CT molecular complexity index is 1770. The van der Waals surface area contributed by atoms with E-state index >= 15 is 0 Å². The van der Waals surface area contributed by atoms with Gasteiger partial charge in [-0.05, 0) is 66.2 Å². The first-order valence-corrected chi connectivity index (χ1v) is 12.5. The Kier molecular flexibility index (Phi) is 6.06. The number of anilines is 1. The topological polar surface area (TPSA) is 69.0 Å². The van der Waals surface area contributed by atoms with Crippen LogP contribution in [0.4, 0.5) is 5.69 Å². The summed E-state index contributed by atoms with van der Waals surface area (Å²) in [6, 6.07) is 25.6. The first-order chi connectivity index (χ1) is 18.4. The van der Waals surface area contributed by atoms with E-state index in [4.69, 9.17) is 37.1 Å². The fraction of sp³-hybridized carbons (Fsp3) is 0.0667. The van der Waals surface area contributed by atoms with Crippen molar-refractivity contribution in [3.05, 3.63) is 128 Å². The van der Waals surface area contributed by atoms with E-state index in [1.807, 2.05) is 48.5 Å². The van der Waals surface area contributed by atoms with Gasteiger partial charge >= 0.3 is 0 Å². The third-order valence-corrected chi connectivity index (χ3v) is 6.93. The number of fused-ring (bicyclic) bond motifs is 2. The van der Waals surface area contributed by atoms with Gasteiger partial charge in [0.05, 0.1) is 29.1 Å². The number of methoxy groups -OCH3 is 1. The molecule has 6 rings (SSSR count). The van der Waals surface area contributed by atoms with Gasteiger partial charge in [0.2, 0.25) is 5.76 Å². The fourth-order valence-electron chi connectivity index (χ4n) is 4.70. The van der Waals surface area contributed by atoms with E-state index in [1.165, 1.54) is 12.0 Å². The smallest absolute Gasteiger partial charge is 0.295 e. The van der Waals surface area contributed by atoms with Gasteiger partial charge in [-0.2, -0.15) is 0 Å². The quantitative estimate of drug-likeness (QED) is 0.227. The van der Waals surface area contributed by atoms with Gasteiger partial charge < -0.3 is 13.9 Å². The van der Waals surface area contributed by atoms with Gasteiger partial charge in [-0.3, -0.25) is 14.5 Å². The zero-order valence-electron chi connectivity index (χ0n) is 20.0. The normalized spacial score (nSPS) is 14.6. The Balaban J connectivity index is 1.56. The van der Waals surface area contributed by atoms with Gasteiger partial charge in [-0.15, -0.1) is 0 Å². The molecule has 0 saturated carbocycles. The van der Waals surface area contributed by atoms with Crippen LogP contribution in [0.3, 0.4) is 0 Å². The van der Waals surface area contributed by atoms with Crippen LogP contribution in [-0.4, -0.2) is 13.0 Å². The highest BCUT2D eigenvalue weighted by atomic mass is 35.5. The number of benzene rings is 4. The van der Waals surface area contributed by atoms with Crippen molar-refractivity contribution < 1.29 is 18.7 Å². The fourth-order valence-corrected chi connectivity index (χ4v) is 5.13. The zero-order valence-corrected chi connectivity index (χ0v) is 21.5. The number of carbonyl (C=O) groups excluding carboxylic acids is 1. The highest BCUT2D eigenvalue weighted by Gasteiger charge is 2.44. The van der Waals surface area contributed by atoms with Crippen molar-refractivity contribution >= 4 is 45.8 Å². The molecular formula is C30H19Cl2NO5. The summed E-state index contributed by atoms with van der Waals surface area (Å²) < 4.78 is 17.3. The number of nitrogens with zero attached hydrogens (tertiary/aromatic N) is 1. The lowest BCUT2D eigenvalue weighted by molar-refractivity contribution is 0.0971. The summed E-state index contributed by atoms with van der Waals surface area (Å²) >= 11 is 12.6. The summed E-state index contributed by atoms with van der Waals surface area (Å²) in [6.45, 7) is 0. The lowest BCUT2D eigenvalue weighted by atomic mass is 9.98. The monoisotopic (exact) mass is 543 g/mol. The first kappa shape index (κ1) is 24.1. The highest BCUT2D eigenvalue weighted by Crippen LogP contribution is 2.43. The van der Waals surface area contributed by atoms with Gasteiger partial charge in [0.1, 0.15) is 22.8 Å². The molecule has 38 heavy (non-hydrogen) atoms. The maximum absolute atomic E-state index is 13.8. The Morgan fingerprint density at radius 3 is 2.39 bits per heavy atom. The number of carbonyl (C=O) groups is 1. The Hall–Kier alpha value is -4.26. The second kappa shape index (κ2) is 9.56. The maximum atomic E-state index is 13.8. The van der Waals surface area contributed by atoms with Crippen LogP contribution in [0.1, 0.15) is 27.7 Å². The van der Waals surface area contributed by atoms with E-state index in [9.17, 15) is 9.59 Å². The van der Waals surface area contributed by atoms with Crippen LogP contribution in [0.5, 0.6) is 17.2 Å². The summed E-state index contributed by atoms with van der Waals surface area (Å²) in [6.07, 6.45) is 0. The molecule has 1 aliphatic heterocycles. The zero-order chi connectivity index (χ0) is 26.4. The first-order valence-electron chi connectivity index (χ1n) is 11.7. The Morgan fingerprint density at radius 2 is 1.63 bits per heavy atom. The maximum Gasteiger partial charge on any atom is 0.295 e. The Morgan fingerprint density at radius 1 is 0.842 bits per heavy atom. The molecule has 1 unspecified atom stereocenters. The minimum absolute atomic E-state index is 0.0313. The van der Waals surface area contributed by atoms with Gasteiger partial charge in [0.15, 0.2) is 5.43 Å². The summed E-state index contributed by atoms with van der Waals surface area (Å²) in [5.74, 6) is 1.18. The van der Waals surface area contributed by atoms with Crippen LogP contribution in [0.25, 0.3) is 11.0 Å². The molecule has 188 valence electrons. The van der Waals surface area contributed by atoms with Crippen molar-refractivity contribution in [2.24, 2.45) is 0 Å². The number of hydrogen-bond acceptors (Lipinski definition) is 5. The van der Waals surface area contributed by atoms with E-state index < -0.39 is 11.9 Å². The third kappa shape index (κ3) is 4.08. The molecule has 0 bridgehead atoms. The molecule has 0 spiro atoms. The molecule has 0 radical (unpaired) electrons. The van der Waals surface area contributed by atoms with Crippen molar-refractivity contribution in [3.63, 3.8) is 0 Å². The van der Waals surface area contributed by atoms with Gasteiger partial charge in [0, 0.05) is 10.7 Å². The van der Waals surface area contributed by atoms with Crippen LogP contribution in [0.2, 0.25) is 10.0 Å². The second-order valence-electron chi connectivity index (χ2n) is 8.70. The predicted molar refractivity (Wildman–Crippen MR) is 147 cm³/mol. The lowest BCUT2D eigenvalue weighted by Crippen LogP contribution is -2.29. The lowest BCUT2D eigenvalue weighted by Gasteiger charge is -2.26. The standard InChI is InChI=1S/C30H19Cl2NO5/c1-36-25-13-11-19(16-23(25)32)33-27(17-6-5-9-21(14-17)37-20-7-3-2-4-8-20)26-28(34)22-15-18(31)10-12-24(22)38-29(26)30(33)35/h2-16,27H,1H3. The van der Waals surface area contributed by atoms with E-state index in [-0.39, 0.29) is 22.3 Å². The molecule has 0 N–H and O–H groups in total. The molecule has 4 aromatic carbocycles. The molecule has 0 fully saturated rings. The van der Waals surface area contributed by atoms with E-state index in [0.29, 0.717) is 43.9 Å². The molecule has 1 aliphatic rings. The number of halogens is 2. The van der Waals surface area contributed by atoms with Crippen LogP contribution >= 0.6 is 23.2 Å². The molecule has 0 saturated heterocycles. The van der Waals surface area contributed by atoms with Crippen molar-refractivity contribution in [1.29, 1.82) is 0 Å². The van der Waals surface area contributed by atoms with Crippen LogP contribution in [0, 0.1) is 0 Å².